The lowest BCUT2D eigenvalue weighted by Gasteiger charge is -2.06. The quantitative estimate of drug-likeness (QED) is 0.784. The number of rotatable bonds is 5. The number of aromatic nitrogens is 3. The number of halogens is 1. The van der Waals surface area contributed by atoms with Gasteiger partial charge >= 0.3 is 0 Å². The molecule has 3 rings (SSSR count). The smallest absolute Gasteiger partial charge is 0.251 e. The van der Waals surface area contributed by atoms with Gasteiger partial charge in [-0.2, -0.15) is 0 Å². The van der Waals surface area contributed by atoms with Crippen LogP contribution in [0.1, 0.15) is 27.3 Å². The maximum Gasteiger partial charge on any atom is 0.251 e. The van der Waals surface area contributed by atoms with E-state index in [4.69, 9.17) is 0 Å². The molecule has 122 valence electrons. The van der Waals surface area contributed by atoms with Crippen LogP contribution in [-0.2, 0) is 20.0 Å². The van der Waals surface area contributed by atoms with Crippen LogP contribution < -0.4 is 5.32 Å². The summed E-state index contributed by atoms with van der Waals surface area (Å²) in [7, 11) is 1.87. The van der Waals surface area contributed by atoms with Crippen molar-refractivity contribution in [2.24, 2.45) is 7.05 Å². The van der Waals surface area contributed by atoms with Crippen LogP contribution in [0.15, 0.2) is 55.1 Å². The summed E-state index contributed by atoms with van der Waals surface area (Å²) >= 11 is 0. The van der Waals surface area contributed by atoms with Gasteiger partial charge in [0.1, 0.15) is 5.82 Å². The molecule has 1 N–H and O–H groups in total. The first-order valence-corrected chi connectivity index (χ1v) is 7.54. The summed E-state index contributed by atoms with van der Waals surface area (Å²) in [5.41, 5.74) is 2.84. The molecule has 0 radical (unpaired) electrons. The molecule has 1 aromatic carbocycles. The number of carbonyl (C=O) groups is 1. The summed E-state index contributed by atoms with van der Waals surface area (Å²) in [5, 5.41) is 2.83. The van der Waals surface area contributed by atoms with Crippen molar-refractivity contribution in [1.29, 1.82) is 0 Å². The van der Waals surface area contributed by atoms with Crippen molar-refractivity contribution in [1.82, 2.24) is 19.9 Å². The van der Waals surface area contributed by atoms with Gasteiger partial charge in [0.05, 0.1) is 18.6 Å². The Labute approximate surface area is 139 Å². The minimum absolute atomic E-state index is 0.191. The van der Waals surface area contributed by atoms with Gasteiger partial charge in [-0.1, -0.05) is 12.1 Å². The molecule has 24 heavy (non-hydrogen) atoms. The lowest BCUT2D eigenvalue weighted by molar-refractivity contribution is 0.0950. The highest BCUT2D eigenvalue weighted by Gasteiger charge is 2.08. The van der Waals surface area contributed by atoms with E-state index in [1.54, 1.807) is 30.7 Å². The van der Waals surface area contributed by atoms with Crippen LogP contribution in [0.2, 0.25) is 0 Å². The number of amides is 1. The van der Waals surface area contributed by atoms with Crippen LogP contribution in [-0.4, -0.2) is 20.4 Å². The molecule has 0 saturated carbocycles. The normalized spacial score (nSPS) is 10.6. The number of aryl methyl sites for hydroxylation is 1. The highest BCUT2D eigenvalue weighted by atomic mass is 19.1. The molecule has 0 aliphatic carbocycles. The third-order valence-corrected chi connectivity index (χ3v) is 3.54. The van der Waals surface area contributed by atoms with Crippen molar-refractivity contribution in [2.75, 3.05) is 0 Å². The van der Waals surface area contributed by atoms with Crippen LogP contribution in [0.4, 0.5) is 4.39 Å². The van der Waals surface area contributed by atoms with Crippen LogP contribution in [0.25, 0.3) is 0 Å². The third-order valence-electron chi connectivity index (χ3n) is 3.54. The number of hydrogen-bond acceptors (Lipinski definition) is 3. The molecular formula is C18H17FN4O. The Morgan fingerprint density at radius 1 is 1.21 bits per heavy atom. The molecule has 1 amide bonds. The van der Waals surface area contributed by atoms with Gasteiger partial charge in [-0.15, -0.1) is 0 Å². The minimum Gasteiger partial charge on any atom is -0.346 e. The Bertz CT molecular complexity index is 859. The average Bonchev–Trinajstić information content (AvgIpc) is 2.98. The van der Waals surface area contributed by atoms with Crippen molar-refractivity contribution in [3.05, 3.63) is 83.5 Å². The lowest BCUT2D eigenvalue weighted by atomic mass is 10.1. The summed E-state index contributed by atoms with van der Waals surface area (Å²) in [6.45, 7) is 0.362. The molecule has 2 heterocycles. The number of carbonyl (C=O) groups excluding carboxylic acids is 1. The highest BCUT2D eigenvalue weighted by Crippen LogP contribution is 2.11. The van der Waals surface area contributed by atoms with Gasteiger partial charge < -0.3 is 9.88 Å². The first kappa shape index (κ1) is 15.9. The van der Waals surface area contributed by atoms with Crippen molar-refractivity contribution in [2.45, 2.75) is 13.0 Å². The van der Waals surface area contributed by atoms with E-state index in [1.165, 1.54) is 12.1 Å². The molecule has 0 bridgehead atoms. The average molecular weight is 324 g/mol. The monoisotopic (exact) mass is 324 g/mol. The van der Waals surface area contributed by atoms with Gasteiger partial charge in [0, 0.05) is 37.1 Å². The fourth-order valence-corrected chi connectivity index (χ4v) is 2.40. The fourth-order valence-electron chi connectivity index (χ4n) is 2.40. The van der Waals surface area contributed by atoms with Gasteiger partial charge in [-0.05, 0) is 29.8 Å². The van der Waals surface area contributed by atoms with Gasteiger partial charge in [0.15, 0.2) is 0 Å². The van der Waals surface area contributed by atoms with Crippen LogP contribution in [0.5, 0.6) is 0 Å². The van der Waals surface area contributed by atoms with E-state index in [1.807, 2.05) is 23.9 Å². The SMILES string of the molecule is Cn1cnc(CNC(=O)c2ccnc(Cc3cccc(F)c3)c2)c1. The van der Waals surface area contributed by atoms with Gasteiger partial charge in [0.2, 0.25) is 0 Å². The molecule has 0 saturated heterocycles. The molecule has 0 atom stereocenters. The van der Waals surface area contributed by atoms with Crippen molar-refractivity contribution >= 4 is 5.91 Å². The Morgan fingerprint density at radius 3 is 2.83 bits per heavy atom. The maximum atomic E-state index is 13.2. The molecule has 2 aromatic heterocycles. The van der Waals surface area contributed by atoms with Gasteiger partial charge in [0.25, 0.3) is 5.91 Å². The van der Waals surface area contributed by atoms with E-state index in [-0.39, 0.29) is 11.7 Å². The summed E-state index contributed by atoms with van der Waals surface area (Å²) < 4.78 is 15.1. The zero-order valence-electron chi connectivity index (χ0n) is 13.2. The summed E-state index contributed by atoms with van der Waals surface area (Å²) in [6, 6.07) is 9.74. The molecule has 0 spiro atoms. The van der Waals surface area contributed by atoms with Crippen molar-refractivity contribution in [3.8, 4) is 0 Å². The van der Waals surface area contributed by atoms with Crippen LogP contribution >= 0.6 is 0 Å². The van der Waals surface area contributed by atoms with E-state index in [0.717, 1.165) is 11.3 Å². The van der Waals surface area contributed by atoms with Crippen molar-refractivity contribution < 1.29 is 9.18 Å². The zero-order valence-corrected chi connectivity index (χ0v) is 13.2. The summed E-state index contributed by atoms with van der Waals surface area (Å²) in [6.07, 6.45) is 5.59. The second-order valence-electron chi connectivity index (χ2n) is 5.56. The Kier molecular flexibility index (Phi) is 4.65. The number of benzene rings is 1. The molecule has 0 unspecified atom stereocenters. The van der Waals surface area contributed by atoms with E-state index < -0.39 is 0 Å². The summed E-state index contributed by atoms with van der Waals surface area (Å²) in [5.74, 6) is -0.472. The third kappa shape index (κ3) is 4.04. The standard InChI is InChI=1S/C18H17FN4O/c1-23-11-17(22-12-23)10-21-18(24)14-5-6-20-16(9-14)8-13-3-2-4-15(19)7-13/h2-7,9,11-12H,8,10H2,1H3,(H,21,24). The molecule has 0 fully saturated rings. The van der Waals surface area contributed by atoms with Gasteiger partial charge in [-0.25, -0.2) is 9.37 Å². The topological polar surface area (TPSA) is 59.8 Å². The highest BCUT2D eigenvalue weighted by molar-refractivity contribution is 5.94. The van der Waals surface area contributed by atoms with E-state index >= 15 is 0 Å². The Hall–Kier alpha value is -3.02. The van der Waals surface area contributed by atoms with E-state index in [9.17, 15) is 9.18 Å². The first-order chi connectivity index (χ1) is 11.6. The maximum absolute atomic E-state index is 13.2. The van der Waals surface area contributed by atoms with Crippen LogP contribution in [0.3, 0.4) is 0 Å². The second-order valence-corrected chi connectivity index (χ2v) is 5.56. The molecule has 3 aromatic rings. The lowest BCUT2D eigenvalue weighted by Crippen LogP contribution is -2.23. The number of imidazole rings is 1. The molecule has 6 heteroatoms. The minimum atomic E-state index is -0.281. The predicted molar refractivity (Wildman–Crippen MR) is 87.8 cm³/mol. The number of nitrogens with zero attached hydrogens (tertiary/aromatic N) is 3. The largest absolute Gasteiger partial charge is 0.346 e. The molecular weight excluding hydrogens is 307 g/mol. The summed E-state index contributed by atoms with van der Waals surface area (Å²) in [4.78, 5) is 20.7. The zero-order chi connectivity index (χ0) is 16.9. The van der Waals surface area contributed by atoms with Gasteiger partial charge in [-0.3, -0.25) is 9.78 Å². The van der Waals surface area contributed by atoms with Crippen LogP contribution in [0, 0.1) is 5.82 Å². The van der Waals surface area contributed by atoms with Crippen molar-refractivity contribution in [3.63, 3.8) is 0 Å². The van der Waals surface area contributed by atoms with E-state index in [0.29, 0.717) is 24.2 Å². The Morgan fingerprint density at radius 2 is 2.08 bits per heavy atom. The Balaban J connectivity index is 1.66. The number of nitrogens with one attached hydrogen (secondary N) is 1. The molecule has 0 aliphatic rings. The fraction of sp³-hybridized carbons (Fsp3) is 0.167. The molecule has 5 nitrogen and oxygen atoms in total. The number of hydrogen-bond donors (Lipinski definition) is 1. The first-order valence-electron chi connectivity index (χ1n) is 7.54. The van der Waals surface area contributed by atoms with E-state index in [2.05, 4.69) is 15.3 Å². The number of pyridine rings is 1. The second kappa shape index (κ2) is 7.04. The predicted octanol–water partition coefficient (Wildman–Crippen LogP) is 2.48. The molecule has 0 aliphatic heterocycles.